The predicted molar refractivity (Wildman–Crippen MR) is 87.6 cm³/mol. The van der Waals surface area contributed by atoms with Crippen molar-refractivity contribution in [3.63, 3.8) is 0 Å². The minimum atomic E-state index is -0.463. The molecular weight excluding hydrogens is 260 g/mol. The van der Waals surface area contributed by atoms with E-state index in [2.05, 4.69) is 41.6 Å². The molecule has 0 radical (unpaired) electrons. The van der Waals surface area contributed by atoms with E-state index in [9.17, 15) is 5.11 Å². The number of aromatic amines is 1. The highest BCUT2D eigenvalue weighted by atomic mass is 16.3. The molecule has 0 spiro atoms. The third-order valence-electron chi connectivity index (χ3n) is 4.82. The zero-order chi connectivity index (χ0) is 14.7. The molecule has 1 fully saturated rings. The highest BCUT2D eigenvalue weighted by Crippen LogP contribution is 2.27. The Kier molecular flexibility index (Phi) is 4.32. The monoisotopic (exact) mass is 286 g/mol. The molecule has 21 heavy (non-hydrogen) atoms. The van der Waals surface area contributed by atoms with Crippen molar-refractivity contribution in [3.05, 3.63) is 35.5 Å². The zero-order valence-corrected chi connectivity index (χ0v) is 12.9. The molecule has 0 aliphatic heterocycles. The van der Waals surface area contributed by atoms with Gasteiger partial charge in [-0.1, -0.05) is 37.5 Å². The van der Waals surface area contributed by atoms with E-state index >= 15 is 0 Å². The van der Waals surface area contributed by atoms with Gasteiger partial charge in [-0.15, -0.1) is 0 Å². The van der Waals surface area contributed by atoms with Gasteiger partial charge in [0.05, 0.1) is 5.60 Å². The summed E-state index contributed by atoms with van der Waals surface area (Å²) in [5.41, 5.74) is 3.44. The van der Waals surface area contributed by atoms with E-state index in [-0.39, 0.29) is 0 Å². The molecule has 0 bridgehead atoms. The van der Waals surface area contributed by atoms with E-state index in [0.717, 1.165) is 32.4 Å². The number of hydrogen-bond acceptors (Lipinski definition) is 2. The third kappa shape index (κ3) is 3.30. The Morgan fingerprint density at radius 1 is 1.24 bits per heavy atom. The second-order valence-electron chi connectivity index (χ2n) is 6.52. The van der Waals surface area contributed by atoms with Crippen LogP contribution in [0.2, 0.25) is 0 Å². The zero-order valence-electron chi connectivity index (χ0n) is 12.9. The van der Waals surface area contributed by atoms with Crippen LogP contribution in [0.3, 0.4) is 0 Å². The first kappa shape index (κ1) is 14.6. The van der Waals surface area contributed by atoms with Crippen molar-refractivity contribution in [1.29, 1.82) is 0 Å². The van der Waals surface area contributed by atoms with Gasteiger partial charge in [-0.05, 0) is 43.9 Å². The minimum absolute atomic E-state index is 0.463. The number of aliphatic hydroxyl groups is 1. The normalized spacial score (nSPS) is 18.2. The molecule has 2 aromatic rings. The van der Waals surface area contributed by atoms with Gasteiger partial charge in [-0.25, -0.2) is 0 Å². The van der Waals surface area contributed by atoms with Crippen LogP contribution < -0.4 is 5.32 Å². The number of aromatic nitrogens is 1. The maximum absolute atomic E-state index is 10.5. The molecule has 1 aromatic carbocycles. The standard InChI is InChI=1S/C18H26N2O/c1-14-6-5-7-16-15(12-20-17(14)16)8-11-19-13-18(21)9-3-2-4-10-18/h5-7,12,19-21H,2-4,8-11,13H2,1H3. The minimum Gasteiger partial charge on any atom is -0.389 e. The lowest BCUT2D eigenvalue weighted by molar-refractivity contribution is 0.00518. The van der Waals surface area contributed by atoms with Crippen LogP contribution in [0.5, 0.6) is 0 Å². The van der Waals surface area contributed by atoms with Crippen LogP contribution in [-0.2, 0) is 6.42 Å². The van der Waals surface area contributed by atoms with E-state index in [1.165, 1.54) is 41.3 Å². The van der Waals surface area contributed by atoms with Gasteiger partial charge in [0, 0.05) is 23.6 Å². The van der Waals surface area contributed by atoms with Crippen molar-refractivity contribution in [1.82, 2.24) is 10.3 Å². The van der Waals surface area contributed by atoms with E-state index < -0.39 is 5.60 Å². The van der Waals surface area contributed by atoms with E-state index in [0.29, 0.717) is 0 Å². The molecule has 0 saturated heterocycles. The van der Waals surface area contributed by atoms with Gasteiger partial charge >= 0.3 is 0 Å². The molecule has 1 saturated carbocycles. The Balaban J connectivity index is 1.54. The first-order chi connectivity index (χ1) is 10.2. The summed E-state index contributed by atoms with van der Waals surface area (Å²) in [4.78, 5) is 3.38. The molecule has 3 heteroatoms. The number of fused-ring (bicyclic) bond motifs is 1. The fourth-order valence-electron chi connectivity index (χ4n) is 3.50. The van der Waals surface area contributed by atoms with Crippen molar-refractivity contribution < 1.29 is 5.11 Å². The maximum Gasteiger partial charge on any atom is 0.0771 e. The number of nitrogens with one attached hydrogen (secondary N) is 2. The van der Waals surface area contributed by atoms with Crippen molar-refractivity contribution >= 4 is 10.9 Å². The summed E-state index contributed by atoms with van der Waals surface area (Å²) < 4.78 is 0. The lowest BCUT2D eigenvalue weighted by Crippen LogP contribution is -2.42. The van der Waals surface area contributed by atoms with Gasteiger partial charge in [-0.3, -0.25) is 0 Å². The number of benzene rings is 1. The summed E-state index contributed by atoms with van der Waals surface area (Å²) >= 11 is 0. The van der Waals surface area contributed by atoms with Gasteiger partial charge in [0.25, 0.3) is 0 Å². The smallest absolute Gasteiger partial charge is 0.0771 e. The van der Waals surface area contributed by atoms with Crippen molar-refractivity contribution in [2.45, 2.75) is 51.0 Å². The number of para-hydroxylation sites is 1. The van der Waals surface area contributed by atoms with Crippen LogP contribution in [-0.4, -0.2) is 28.8 Å². The average molecular weight is 286 g/mol. The van der Waals surface area contributed by atoms with Crippen LogP contribution in [0.15, 0.2) is 24.4 Å². The van der Waals surface area contributed by atoms with Crippen molar-refractivity contribution in [2.75, 3.05) is 13.1 Å². The lowest BCUT2D eigenvalue weighted by Gasteiger charge is -2.32. The van der Waals surface area contributed by atoms with Gasteiger partial charge in [0.15, 0.2) is 0 Å². The van der Waals surface area contributed by atoms with Gasteiger partial charge in [0.2, 0.25) is 0 Å². The predicted octanol–water partition coefficient (Wildman–Crippen LogP) is 3.30. The number of hydrogen-bond donors (Lipinski definition) is 3. The average Bonchev–Trinajstić information content (AvgIpc) is 2.89. The molecule has 3 N–H and O–H groups in total. The second-order valence-corrected chi connectivity index (χ2v) is 6.52. The Morgan fingerprint density at radius 3 is 2.86 bits per heavy atom. The molecule has 114 valence electrons. The molecule has 0 atom stereocenters. The largest absolute Gasteiger partial charge is 0.389 e. The van der Waals surface area contributed by atoms with Crippen molar-refractivity contribution in [2.24, 2.45) is 0 Å². The fraction of sp³-hybridized carbons (Fsp3) is 0.556. The summed E-state index contributed by atoms with van der Waals surface area (Å²) in [6.45, 7) is 3.79. The molecule has 0 amide bonds. The molecular formula is C18H26N2O. The Hall–Kier alpha value is -1.32. The summed E-state index contributed by atoms with van der Waals surface area (Å²) in [5, 5.41) is 15.2. The number of aryl methyl sites for hydroxylation is 1. The number of rotatable bonds is 5. The van der Waals surface area contributed by atoms with Crippen LogP contribution in [0.4, 0.5) is 0 Å². The quantitative estimate of drug-likeness (QED) is 0.739. The Morgan fingerprint density at radius 2 is 2.05 bits per heavy atom. The second kappa shape index (κ2) is 6.20. The van der Waals surface area contributed by atoms with E-state index in [1.807, 2.05) is 0 Å². The lowest BCUT2D eigenvalue weighted by atomic mass is 9.85. The molecule has 1 aliphatic carbocycles. The summed E-state index contributed by atoms with van der Waals surface area (Å²) in [7, 11) is 0. The summed E-state index contributed by atoms with van der Waals surface area (Å²) in [6, 6.07) is 6.44. The highest BCUT2D eigenvalue weighted by Gasteiger charge is 2.28. The molecule has 0 unspecified atom stereocenters. The summed E-state index contributed by atoms with van der Waals surface area (Å²) in [6.07, 6.45) is 8.63. The Bertz CT molecular complexity index is 596. The first-order valence-electron chi connectivity index (χ1n) is 8.17. The molecule has 3 nitrogen and oxygen atoms in total. The van der Waals surface area contributed by atoms with Gasteiger partial charge < -0.3 is 15.4 Å². The topological polar surface area (TPSA) is 48.0 Å². The molecule has 3 rings (SSSR count). The van der Waals surface area contributed by atoms with Crippen LogP contribution >= 0.6 is 0 Å². The maximum atomic E-state index is 10.5. The van der Waals surface area contributed by atoms with E-state index in [1.54, 1.807) is 0 Å². The van der Waals surface area contributed by atoms with Crippen LogP contribution in [0, 0.1) is 6.92 Å². The SMILES string of the molecule is Cc1cccc2c(CCNCC3(O)CCCCC3)c[nH]c12. The molecule has 1 aromatic heterocycles. The number of H-pyrrole nitrogens is 1. The van der Waals surface area contributed by atoms with Crippen LogP contribution in [0.25, 0.3) is 10.9 Å². The van der Waals surface area contributed by atoms with Crippen LogP contribution in [0.1, 0.15) is 43.2 Å². The fourth-order valence-corrected chi connectivity index (χ4v) is 3.50. The van der Waals surface area contributed by atoms with Gasteiger partial charge in [-0.2, -0.15) is 0 Å². The first-order valence-corrected chi connectivity index (χ1v) is 8.17. The highest BCUT2D eigenvalue weighted by molar-refractivity contribution is 5.85. The summed E-state index contributed by atoms with van der Waals surface area (Å²) in [5.74, 6) is 0. The van der Waals surface area contributed by atoms with Gasteiger partial charge in [0.1, 0.15) is 0 Å². The molecule has 1 aliphatic rings. The third-order valence-corrected chi connectivity index (χ3v) is 4.82. The molecule has 1 heterocycles. The van der Waals surface area contributed by atoms with E-state index in [4.69, 9.17) is 0 Å². The Labute approximate surface area is 126 Å². The van der Waals surface area contributed by atoms with Crippen molar-refractivity contribution in [3.8, 4) is 0 Å².